The first-order valence-electron chi connectivity index (χ1n) is 5.45. The van der Waals surface area contributed by atoms with Gasteiger partial charge in [-0.1, -0.05) is 34.1 Å². The molecule has 0 aromatic heterocycles. The fourth-order valence-electron chi connectivity index (χ4n) is 1.65. The van der Waals surface area contributed by atoms with Crippen LogP contribution in [-0.2, 0) is 0 Å². The van der Waals surface area contributed by atoms with Crippen molar-refractivity contribution in [2.45, 2.75) is 6.92 Å². The highest BCUT2D eigenvalue weighted by Crippen LogP contribution is 2.30. The summed E-state index contributed by atoms with van der Waals surface area (Å²) in [5, 5.41) is 7.57. The highest BCUT2D eigenvalue weighted by Gasteiger charge is 2.10. The predicted molar refractivity (Wildman–Crippen MR) is 76.4 cm³/mol. The first-order valence-corrected chi connectivity index (χ1v) is 6.24. The second-order valence-corrected chi connectivity index (χ2v) is 4.84. The largest absolute Gasteiger partial charge is 0.456 e. The first-order chi connectivity index (χ1) is 8.58. The summed E-state index contributed by atoms with van der Waals surface area (Å²) < 4.78 is 6.77. The summed E-state index contributed by atoms with van der Waals surface area (Å²) >= 11 is 3.39. The van der Waals surface area contributed by atoms with E-state index in [1.807, 2.05) is 43.3 Å². The molecule has 0 aliphatic carbocycles. The molecule has 0 saturated carbocycles. The van der Waals surface area contributed by atoms with Gasteiger partial charge in [-0.2, -0.15) is 0 Å². The van der Waals surface area contributed by atoms with Crippen LogP contribution in [0.25, 0.3) is 0 Å². The van der Waals surface area contributed by atoms with Crippen LogP contribution in [0.3, 0.4) is 0 Å². The van der Waals surface area contributed by atoms with Crippen LogP contribution >= 0.6 is 15.9 Å². The molecule has 18 heavy (non-hydrogen) atoms. The van der Waals surface area contributed by atoms with Crippen LogP contribution in [0.5, 0.6) is 11.5 Å². The quantitative estimate of drug-likeness (QED) is 0.668. The summed E-state index contributed by atoms with van der Waals surface area (Å²) in [5.41, 5.74) is 7.11. The Hall–Kier alpha value is -1.81. The van der Waals surface area contributed by atoms with Gasteiger partial charge in [-0.3, -0.25) is 5.41 Å². The maximum atomic E-state index is 7.57. The molecular formula is C14H13BrN2O. The van der Waals surface area contributed by atoms with E-state index in [0.717, 1.165) is 10.0 Å². The minimum absolute atomic E-state index is 0.00342. The van der Waals surface area contributed by atoms with Crippen LogP contribution in [0.15, 0.2) is 46.9 Å². The van der Waals surface area contributed by atoms with Crippen LogP contribution in [0.1, 0.15) is 11.1 Å². The third kappa shape index (κ3) is 2.71. The maximum Gasteiger partial charge on any atom is 0.141 e. The molecule has 0 saturated heterocycles. The minimum atomic E-state index is 0.00342. The van der Waals surface area contributed by atoms with E-state index in [9.17, 15) is 0 Å². The summed E-state index contributed by atoms with van der Waals surface area (Å²) in [4.78, 5) is 0. The molecule has 3 nitrogen and oxygen atoms in total. The van der Waals surface area contributed by atoms with Gasteiger partial charge in [0.25, 0.3) is 0 Å². The van der Waals surface area contributed by atoms with Gasteiger partial charge in [0, 0.05) is 4.47 Å². The Morgan fingerprint density at radius 3 is 2.61 bits per heavy atom. The van der Waals surface area contributed by atoms with E-state index in [1.54, 1.807) is 6.07 Å². The van der Waals surface area contributed by atoms with Crippen molar-refractivity contribution in [1.82, 2.24) is 0 Å². The van der Waals surface area contributed by atoms with Gasteiger partial charge in [0.2, 0.25) is 0 Å². The SMILES string of the molecule is Cc1cccc(C(=N)N)c1Oc1cccc(Br)c1. The molecule has 0 heterocycles. The molecule has 4 heteroatoms. The molecule has 2 aromatic carbocycles. The van der Waals surface area contributed by atoms with Gasteiger partial charge in [0.1, 0.15) is 17.3 Å². The standard InChI is InChI=1S/C14H13BrN2O/c1-9-4-2-7-12(14(16)17)13(9)18-11-6-3-5-10(15)8-11/h2-8H,1H3,(H3,16,17). The van der Waals surface area contributed by atoms with Crippen molar-refractivity contribution in [1.29, 1.82) is 5.41 Å². The number of hydrogen-bond donors (Lipinski definition) is 2. The number of nitrogen functional groups attached to an aromatic ring is 1. The Balaban J connectivity index is 2.42. The van der Waals surface area contributed by atoms with E-state index in [1.165, 1.54) is 0 Å². The van der Waals surface area contributed by atoms with Gasteiger partial charge in [-0.15, -0.1) is 0 Å². The van der Waals surface area contributed by atoms with Crippen LogP contribution in [0, 0.1) is 12.3 Å². The summed E-state index contributed by atoms with van der Waals surface area (Å²) in [6.45, 7) is 1.93. The van der Waals surface area contributed by atoms with Crippen molar-refractivity contribution >= 4 is 21.8 Å². The Kier molecular flexibility index (Phi) is 3.67. The Morgan fingerprint density at radius 1 is 1.22 bits per heavy atom. The molecule has 0 atom stereocenters. The van der Waals surface area contributed by atoms with E-state index < -0.39 is 0 Å². The van der Waals surface area contributed by atoms with E-state index in [2.05, 4.69) is 15.9 Å². The number of hydrogen-bond acceptors (Lipinski definition) is 2. The fourth-order valence-corrected chi connectivity index (χ4v) is 2.03. The van der Waals surface area contributed by atoms with Crippen LogP contribution < -0.4 is 10.5 Å². The molecule has 0 unspecified atom stereocenters. The van der Waals surface area contributed by atoms with E-state index >= 15 is 0 Å². The number of benzene rings is 2. The number of amidine groups is 1. The Labute approximate surface area is 114 Å². The molecule has 2 rings (SSSR count). The normalized spacial score (nSPS) is 10.1. The molecule has 0 bridgehead atoms. The molecule has 0 radical (unpaired) electrons. The van der Waals surface area contributed by atoms with Crippen LogP contribution in [-0.4, -0.2) is 5.84 Å². The first kappa shape index (κ1) is 12.6. The highest BCUT2D eigenvalue weighted by atomic mass is 79.9. The van der Waals surface area contributed by atoms with Crippen molar-refractivity contribution in [3.05, 3.63) is 58.1 Å². The topological polar surface area (TPSA) is 59.1 Å². The number of nitrogens with two attached hydrogens (primary N) is 1. The third-order valence-corrected chi connectivity index (χ3v) is 3.01. The smallest absolute Gasteiger partial charge is 0.141 e. The summed E-state index contributed by atoms with van der Waals surface area (Å²) in [6, 6.07) is 13.1. The number of rotatable bonds is 3. The molecule has 0 amide bonds. The zero-order valence-electron chi connectivity index (χ0n) is 9.91. The van der Waals surface area contributed by atoms with E-state index in [4.69, 9.17) is 15.9 Å². The van der Waals surface area contributed by atoms with Crippen molar-refractivity contribution in [3.63, 3.8) is 0 Å². The lowest BCUT2D eigenvalue weighted by molar-refractivity contribution is 0.477. The number of aryl methyl sites for hydroxylation is 1. The summed E-state index contributed by atoms with van der Waals surface area (Å²) in [6.07, 6.45) is 0. The van der Waals surface area contributed by atoms with E-state index in [-0.39, 0.29) is 5.84 Å². The number of para-hydroxylation sites is 1. The summed E-state index contributed by atoms with van der Waals surface area (Å²) in [5.74, 6) is 1.34. The van der Waals surface area contributed by atoms with Gasteiger partial charge >= 0.3 is 0 Å². The summed E-state index contributed by atoms with van der Waals surface area (Å²) in [7, 11) is 0. The second kappa shape index (κ2) is 5.23. The highest BCUT2D eigenvalue weighted by molar-refractivity contribution is 9.10. The van der Waals surface area contributed by atoms with E-state index in [0.29, 0.717) is 17.1 Å². The van der Waals surface area contributed by atoms with Crippen molar-refractivity contribution in [3.8, 4) is 11.5 Å². The van der Waals surface area contributed by atoms with Crippen molar-refractivity contribution in [2.75, 3.05) is 0 Å². The Morgan fingerprint density at radius 2 is 1.94 bits per heavy atom. The van der Waals surface area contributed by atoms with Gasteiger partial charge in [-0.25, -0.2) is 0 Å². The molecule has 0 aliphatic rings. The number of halogens is 1. The van der Waals surface area contributed by atoms with Gasteiger partial charge < -0.3 is 10.5 Å². The van der Waals surface area contributed by atoms with Crippen LogP contribution in [0.4, 0.5) is 0 Å². The lowest BCUT2D eigenvalue weighted by Gasteiger charge is -2.13. The fraction of sp³-hybridized carbons (Fsp3) is 0.0714. The van der Waals surface area contributed by atoms with Crippen LogP contribution in [0.2, 0.25) is 0 Å². The lowest BCUT2D eigenvalue weighted by Crippen LogP contribution is -2.12. The second-order valence-electron chi connectivity index (χ2n) is 3.92. The van der Waals surface area contributed by atoms with Crippen molar-refractivity contribution in [2.24, 2.45) is 5.73 Å². The molecule has 0 spiro atoms. The molecular weight excluding hydrogens is 292 g/mol. The van der Waals surface area contributed by atoms with Gasteiger partial charge in [0.15, 0.2) is 0 Å². The third-order valence-electron chi connectivity index (χ3n) is 2.52. The number of nitrogens with one attached hydrogen (secondary N) is 1. The minimum Gasteiger partial charge on any atom is -0.456 e. The van der Waals surface area contributed by atoms with Gasteiger partial charge in [0.05, 0.1) is 5.56 Å². The predicted octanol–water partition coefficient (Wildman–Crippen LogP) is 3.83. The molecule has 92 valence electrons. The molecule has 0 aliphatic heterocycles. The van der Waals surface area contributed by atoms with Crippen molar-refractivity contribution < 1.29 is 4.74 Å². The zero-order chi connectivity index (χ0) is 13.1. The average Bonchev–Trinajstić information content (AvgIpc) is 2.31. The molecule has 0 fully saturated rings. The molecule has 2 aromatic rings. The zero-order valence-corrected chi connectivity index (χ0v) is 11.5. The Bertz CT molecular complexity index is 596. The average molecular weight is 305 g/mol. The monoisotopic (exact) mass is 304 g/mol. The lowest BCUT2D eigenvalue weighted by atomic mass is 10.1. The maximum absolute atomic E-state index is 7.57. The number of ether oxygens (including phenoxy) is 1. The van der Waals surface area contributed by atoms with Gasteiger partial charge in [-0.05, 0) is 36.8 Å². The molecule has 3 N–H and O–H groups in total.